The maximum absolute atomic E-state index is 10.6. The molecule has 1 N–H and O–H groups in total. The normalized spacial score (nSPS) is 10.4. The second kappa shape index (κ2) is 5.45. The smallest absolute Gasteiger partial charge is 0.154 e. The number of nitrogens with one attached hydrogen (secondary N) is 1. The fourth-order valence-electron chi connectivity index (χ4n) is 1.000. The zero-order valence-electron chi connectivity index (χ0n) is 7.96. The summed E-state index contributed by atoms with van der Waals surface area (Å²) in [5.74, 6) is 0.0311. The molecule has 2 nitrogen and oxygen atoms in total. The van der Waals surface area contributed by atoms with Gasteiger partial charge in [-0.2, -0.15) is 0 Å². The van der Waals surface area contributed by atoms with Gasteiger partial charge in [0, 0.05) is 17.8 Å². The van der Waals surface area contributed by atoms with E-state index in [1.54, 1.807) is 6.20 Å². The van der Waals surface area contributed by atoms with Gasteiger partial charge < -0.3 is 5.32 Å². The minimum absolute atomic E-state index is 0.0311. The molecule has 0 aromatic heterocycles. The van der Waals surface area contributed by atoms with Gasteiger partial charge in [-0.25, -0.2) is 0 Å². The molecule has 1 aromatic carbocycles. The van der Waals surface area contributed by atoms with Crippen LogP contribution in [0.2, 0.25) is 5.02 Å². The van der Waals surface area contributed by atoms with E-state index in [4.69, 9.17) is 11.6 Å². The third kappa shape index (κ3) is 4.10. The van der Waals surface area contributed by atoms with E-state index in [1.165, 1.54) is 13.0 Å². The Kier molecular flexibility index (Phi) is 4.20. The Labute approximate surface area is 88.6 Å². The monoisotopic (exact) mass is 209 g/mol. The largest absolute Gasteiger partial charge is 0.387 e. The van der Waals surface area contributed by atoms with Crippen LogP contribution in [0.1, 0.15) is 12.5 Å². The first-order valence-corrected chi connectivity index (χ1v) is 4.71. The van der Waals surface area contributed by atoms with Gasteiger partial charge in [0.25, 0.3) is 0 Å². The van der Waals surface area contributed by atoms with E-state index in [1.807, 2.05) is 24.3 Å². The fraction of sp³-hybridized carbons (Fsp3) is 0.182. The molecule has 0 unspecified atom stereocenters. The van der Waals surface area contributed by atoms with Gasteiger partial charge in [-0.3, -0.25) is 4.79 Å². The second-order valence-corrected chi connectivity index (χ2v) is 3.39. The van der Waals surface area contributed by atoms with Crippen LogP contribution < -0.4 is 5.32 Å². The number of benzene rings is 1. The molecule has 0 radical (unpaired) electrons. The Morgan fingerprint density at radius 3 is 3.00 bits per heavy atom. The Balaban J connectivity index is 2.42. The van der Waals surface area contributed by atoms with Crippen LogP contribution in [0.4, 0.5) is 0 Å². The Morgan fingerprint density at radius 2 is 2.36 bits per heavy atom. The summed E-state index contributed by atoms with van der Waals surface area (Å²) in [6, 6.07) is 7.58. The number of halogens is 1. The van der Waals surface area contributed by atoms with E-state index in [9.17, 15) is 4.79 Å². The molecule has 0 heterocycles. The molecule has 1 rings (SSSR count). The van der Waals surface area contributed by atoms with Crippen LogP contribution in [0.15, 0.2) is 36.5 Å². The summed E-state index contributed by atoms with van der Waals surface area (Å²) in [6.45, 7) is 2.18. The summed E-state index contributed by atoms with van der Waals surface area (Å²) in [6.07, 6.45) is 3.13. The van der Waals surface area contributed by atoms with Crippen molar-refractivity contribution in [3.05, 3.63) is 47.1 Å². The first-order valence-electron chi connectivity index (χ1n) is 4.33. The highest BCUT2D eigenvalue weighted by Gasteiger charge is 1.91. The van der Waals surface area contributed by atoms with Crippen molar-refractivity contribution in [3.8, 4) is 0 Å². The lowest BCUT2D eigenvalue weighted by Crippen LogP contribution is -2.04. The van der Waals surface area contributed by atoms with Crippen molar-refractivity contribution in [3.63, 3.8) is 0 Å². The molecule has 14 heavy (non-hydrogen) atoms. The first-order chi connectivity index (χ1) is 6.68. The van der Waals surface area contributed by atoms with Gasteiger partial charge in [-0.15, -0.1) is 0 Å². The average molecular weight is 210 g/mol. The predicted molar refractivity (Wildman–Crippen MR) is 58.1 cm³/mol. The molecule has 0 saturated heterocycles. The van der Waals surface area contributed by atoms with Crippen LogP contribution in [0.3, 0.4) is 0 Å². The Bertz CT molecular complexity index is 347. The van der Waals surface area contributed by atoms with Crippen molar-refractivity contribution >= 4 is 17.4 Å². The summed E-state index contributed by atoms with van der Waals surface area (Å²) < 4.78 is 0. The van der Waals surface area contributed by atoms with Crippen LogP contribution in [-0.4, -0.2) is 5.78 Å². The molecule has 74 valence electrons. The van der Waals surface area contributed by atoms with Crippen LogP contribution in [0, 0.1) is 0 Å². The van der Waals surface area contributed by atoms with Gasteiger partial charge in [-0.1, -0.05) is 23.7 Å². The van der Waals surface area contributed by atoms with E-state index in [2.05, 4.69) is 5.32 Å². The lowest BCUT2D eigenvalue weighted by atomic mass is 10.2. The lowest BCUT2D eigenvalue weighted by molar-refractivity contribution is -0.112. The van der Waals surface area contributed by atoms with Crippen LogP contribution >= 0.6 is 11.6 Å². The number of carbonyl (C=O) groups excluding carboxylic acids is 1. The van der Waals surface area contributed by atoms with E-state index < -0.39 is 0 Å². The maximum Gasteiger partial charge on any atom is 0.154 e. The van der Waals surface area contributed by atoms with Crippen molar-refractivity contribution in [1.82, 2.24) is 5.32 Å². The molecule has 0 amide bonds. The number of hydrogen-bond acceptors (Lipinski definition) is 2. The van der Waals surface area contributed by atoms with Gasteiger partial charge in [0.2, 0.25) is 0 Å². The molecule has 0 aliphatic carbocycles. The van der Waals surface area contributed by atoms with E-state index in [0.29, 0.717) is 6.54 Å². The van der Waals surface area contributed by atoms with Crippen LogP contribution in [0.5, 0.6) is 0 Å². The molecule has 3 heteroatoms. The van der Waals surface area contributed by atoms with Crippen LogP contribution in [-0.2, 0) is 11.3 Å². The molecule has 1 aromatic rings. The molecular weight excluding hydrogens is 198 g/mol. The van der Waals surface area contributed by atoms with Gasteiger partial charge in [0.05, 0.1) is 0 Å². The zero-order valence-corrected chi connectivity index (χ0v) is 8.71. The number of carbonyl (C=O) groups is 1. The van der Waals surface area contributed by atoms with E-state index >= 15 is 0 Å². The molecular formula is C11H12ClNO. The minimum Gasteiger partial charge on any atom is -0.387 e. The third-order valence-electron chi connectivity index (χ3n) is 1.63. The molecule has 0 saturated carbocycles. The molecule has 0 bridgehead atoms. The minimum atomic E-state index is 0.0311. The summed E-state index contributed by atoms with van der Waals surface area (Å²) in [5.41, 5.74) is 1.09. The zero-order chi connectivity index (χ0) is 10.4. The quantitative estimate of drug-likeness (QED) is 0.773. The van der Waals surface area contributed by atoms with E-state index in [-0.39, 0.29) is 5.78 Å². The summed E-state index contributed by atoms with van der Waals surface area (Å²) >= 11 is 5.81. The lowest BCUT2D eigenvalue weighted by Gasteiger charge is -2.00. The van der Waals surface area contributed by atoms with Crippen molar-refractivity contribution in [1.29, 1.82) is 0 Å². The molecule has 0 aliphatic rings. The molecule has 0 spiro atoms. The van der Waals surface area contributed by atoms with Gasteiger partial charge in [0.1, 0.15) is 0 Å². The molecule has 0 fully saturated rings. The maximum atomic E-state index is 10.6. The molecule has 0 atom stereocenters. The number of rotatable bonds is 4. The van der Waals surface area contributed by atoms with Gasteiger partial charge >= 0.3 is 0 Å². The van der Waals surface area contributed by atoms with Crippen LogP contribution in [0.25, 0.3) is 0 Å². The highest BCUT2D eigenvalue weighted by Crippen LogP contribution is 2.09. The highest BCUT2D eigenvalue weighted by molar-refractivity contribution is 6.30. The molecule has 0 aliphatic heterocycles. The number of hydrogen-bond donors (Lipinski definition) is 1. The fourth-order valence-corrected chi connectivity index (χ4v) is 1.21. The Morgan fingerprint density at radius 1 is 1.57 bits per heavy atom. The Hall–Kier alpha value is -1.28. The second-order valence-electron chi connectivity index (χ2n) is 2.95. The third-order valence-corrected chi connectivity index (χ3v) is 1.87. The van der Waals surface area contributed by atoms with Gasteiger partial charge in [0.15, 0.2) is 5.78 Å². The van der Waals surface area contributed by atoms with Gasteiger partial charge in [-0.05, 0) is 30.7 Å². The first kappa shape index (κ1) is 10.8. The van der Waals surface area contributed by atoms with Crippen molar-refractivity contribution in [2.75, 3.05) is 0 Å². The SMILES string of the molecule is CC(=O)/C=C/NCc1cccc(Cl)c1. The summed E-state index contributed by atoms with van der Waals surface area (Å²) in [7, 11) is 0. The highest BCUT2D eigenvalue weighted by atomic mass is 35.5. The van der Waals surface area contributed by atoms with E-state index in [0.717, 1.165) is 10.6 Å². The average Bonchev–Trinajstić information content (AvgIpc) is 2.12. The predicted octanol–water partition coefficient (Wildman–Crippen LogP) is 2.53. The van der Waals surface area contributed by atoms with Crippen molar-refractivity contribution in [2.24, 2.45) is 0 Å². The summed E-state index contributed by atoms with van der Waals surface area (Å²) in [4.78, 5) is 10.6. The van der Waals surface area contributed by atoms with Crippen molar-refractivity contribution in [2.45, 2.75) is 13.5 Å². The topological polar surface area (TPSA) is 29.1 Å². The standard InChI is InChI=1S/C11H12ClNO/c1-9(14)5-6-13-8-10-3-2-4-11(12)7-10/h2-7,13H,8H2,1H3/b6-5+. The summed E-state index contributed by atoms with van der Waals surface area (Å²) in [5, 5.41) is 3.72. The number of allylic oxidation sites excluding steroid dienone is 1. The number of ketones is 1. The van der Waals surface area contributed by atoms with Crippen molar-refractivity contribution < 1.29 is 4.79 Å².